The zero-order chi connectivity index (χ0) is 11.1. The highest BCUT2D eigenvalue weighted by Gasteiger charge is 2.19. The van der Waals surface area contributed by atoms with Gasteiger partial charge >= 0.3 is 0 Å². The molecule has 0 saturated carbocycles. The molecule has 4 heteroatoms. The molecule has 0 aromatic carbocycles. The summed E-state index contributed by atoms with van der Waals surface area (Å²) in [6.45, 7) is 7.30. The molecule has 15 heavy (non-hydrogen) atoms. The quantitative estimate of drug-likeness (QED) is 0.710. The molecular formula is C11H22N2OS. The Bertz CT molecular complexity index is 207. The van der Waals surface area contributed by atoms with Crippen molar-refractivity contribution >= 4 is 16.9 Å². The molecule has 3 nitrogen and oxygen atoms in total. The second kappa shape index (κ2) is 7.12. The van der Waals surface area contributed by atoms with Crippen LogP contribution in [-0.4, -0.2) is 37.2 Å². The summed E-state index contributed by atoms with van der Waals surface area (Å²) in [5, 5.41) is 5.16. The zero-order valence-electron chi connectivity index (χ0n) is 9.95. The SMILES string of the molecule is COCCCNC1=NCC(CC(C)C)S1. The molecule has 1 heterocycles. The normalized spacial score (nSPS) is 20.8. The number of amidine groups is 1. The highest BCUT2D eigenvalue weighted by atomic mass is 32.2. The molecule has 1 atom stereocenters. The predicted octanol–water partition coefficient (Wildman–Crippen LogP) is 2.13. The molecule has 1 unspecified atom stereocenters. The van der Waals surface area contributed by atoms with Crippen LogP contribution in [0.1, 0.15) is 26.7 Å². The molecule has 0 bridgehead atoms. The van der Waals surface area contributed by atoms with E-state index in [0.29, 0.717) is 5.25 Å². The van der Waals surface area contributed by atoms with Crippen molar-refractivity contribution < 1.29 is 4.74 Å². The van der Waals surface area contributed by atoms with Gasteiger partial charge in [-0.3, -0.25) is 4.99 Å². The summed E-state index contributed by atoms with van der Waals surface area (Å²) in [6, 6.07) is 0. The lowest BCUT2D eigenvalue weighted by atomic mass is 10.1. The average molecular weight is 230 g/mol. The highest BCUT2D eigenvalue weighted by molar-refractivity contribution is 8.14. The van der Waals surface area contributed by atoms with Crippen LogP contribution in [0.25, 0.3) is 0 Å². The van der Waals surface area contributed by atoms with Gasteiger partial charge in [0.2, 0.25) is 0 Å². The van der Waals surface area contributed by atoms with E-state index in [9.17, 15) is 0 Å². The van der Waals surface area contributed by atoms with Crippen LogP contribution in [0.2, 0.25) is 0 Å². The summed E-state index contributed by atoms with van der Waals surface area (Å²) >= 11 is 1.90. The van der Waals surface area contributed by atoms with Crippen molar-refractivity contribution in [3.05, 3.63) is 0 Å². The lowest BCUT2D eigenvalue weighted by Gasteiger charge is -2.11. The fourth-order valence-corrected chi connectivity index (χ4v) is 2.86. The fourth-order valence-electron chi connectivity index (χ4n) is 1.57. The van der Waals surface area contributed by atoms with E-state index in [-0.39, 0.29) is 0 Å². The highest BCUT2D eigenvalue weighted by Crippen LogP contribution is 2.25. The molecule has 0 radical (unpaired) electrons. The van der Waals surface area contributed by atoms with Crippen LogP contribution in [0, 0.1) is 5.92 Å². The van der Waals surface area contributed by atoms with E-state index in [0.717, 1.165) is 37.2 Å². The van der Waals surface area contributed by atoms with Gasteiger partial charge in [-0.05, 0) is 18.8 Å². The summed E-state index contributed by atoms with van der Waals surface area (Å²) in [6.07, 6.45) is 2.31. The molecule has 1 aliphatic heterocycles. The van der Waals surface area contributed by atoms with E-state index < -0.39 is 0 Å². The molecule has 1 aliphatic rings. The first-order valence-corrected chi connectivity index (χ1v) is 6.54. The van der Waals surface area contributed by atoms with Gasteiger partial charge in [0.1, 0.15) is 0 Å². The molecule has 0 aromatic rings. The number of rotatable bonds is 6. The minimum absolute atomic E-state index is 0.690. The Morgan fingerprint density at radius 1 is 1.60 bits per heavy atom. The number of nitrogens with zero attached hydrogens (tertiary/aromatic N) is 1. The maximum Gasteiger partial charge on any atom is 0.156 e. The van der Waals surface area contributed by atoms with E-state index in [2.05, 4.69) is 24.2 Å². The van der Waals surface area contributed by atoms with E-state index in [1.54, 1.807) is 7.11 Å². The summed E-state index contributed by atoms with van der Waals surface area (Å²) in [5.41, 5.74) is 0. The molecule has 0 aliphatic carbocycles. The summed E-state index contributed by atoms with van der Waals surface area (Å²) in [5.74, 6) is 0.769. The molecule has 0 aromatic heterocycles. The average Bonchev–Trinajstić information content (AvgIpc) is 2.59. The minimum Gasteiger partial charge on any atom is -0.385 e. The Hall–Kier alpha value is -0.220. The summed E-state index contributed by atoms with van der Waals surface area (Å²) < 4.78 is 4.99. The van der Waals surface area contributed by atoms with Crippen molar-refractivity contribution in [2.45, 2.75) is 31.9 Å². The van der Waals surface area contributed by atoms with Crippen LogP contribution >= 0.6 is 11.8 Å². The Morgan fingerprint density at radius 2 is 2.40 bits per heavy atom. The summed E-state index contributed by atoms with van der Waals surface area (Å²) in [4.78, 5) is 4.50. The monoisotopic (exact) mass is 230 g/mol. The number of ether oxygens (including phenoxy) is 1. The van der Waals surface area contributed by atoms with Gasteiger partial charge in [0.25, 0.3) is 0 Å². The van der Waals surface area contributed by atoms with Gasteiger partial charge in [-0.2, -0.15) is 0 Å². The van der Waals surface area contributed by atoms with E-state index in [1.165, 1.54) is 6.42 Å². The number of methoxy groups -OCH3 is 1. The Labute approximate surface area is 97.1 Å². The van der Waals surface area contributed by atoms with Crippen molar-refractivity contribution in [3.63, 3.8) is 0 Å². The largest absolute Gasteiger partial charge is 0.385 e. The van der Waals surface area contributed by atoms with E-state index in [1.807, 2.05) is 11.8 Å². The van der Waals surface area contributed by atoms with Gasteiger partial charge < -0.3 is 10.1 Å². The smallest absolute Gasteiger partial charge is 0.156 e. The van der Waals surface area contributed by atoms with Crippen LogP contribution in [-0.2, 0) is 4.74 Å². The second-order valence-corrected chi connectivity index (χ2v) is 5.58. The third kappa shape index (κ3) is 5.42. The topological polar surface area (TPSA) is 33.6 Å². The molecule has 0 spiro atoms. The maximum absolute atomic E-state index is 4.99. The lowest BCUT2D eigenvalue weighted by molar-refractivity contribution is 0.196. The summed E-state index contributed by atoms with van der Waals surface area (Å²) in [7, 11) is 1.74. The molecule has 0 saturated heterocycles. The molecular weight excluding hydrogens is 208 g/mol. The van der Waals surface area contributed by atoms with Gasteiger partial charge in [0.05, 0.1) is 6.54 Å². The Kier molecular flexibility index (Phi) is 6.10. The maximum atomic E-state index is 4.99. The first-order valence-electron chi connectivity index (χ1n) is 5.66. The van der Waals surface area contributed by atoms with Gasteiger partial charge in [-0.15, -0.1) is 0 Å². The van der Waals surface area contributed by atoms with E-state index in [4.69, 9.17) is 4.74 Å². The first kappa shape index (κ1) is 12.8. The minimum atomic E-state index is 0.690. The van der Waals surface area contributed by atoms with Crippen molar-refractivity contribution in [2.24, 2.45) is 10.9 Å². The Balaban J connectivity index is 2.07. The first-order chi connectivity index (χ1) is 7.22. The van der Waals surface area contributed by atoms with Crippen LogP contribution < -0.4 is 5.32 Å². The van der Waals surface area contributed by atoms with Gasteiger partial charge in [-0.1, -0.05) is 25.6 Å². The van der Waals surface area contributed by atoms with Crippen molar-refractivity contribution in [2.75, 3.05) is 26.8 Å². The number of hydrogen-bond acceptors (Lipinski definition) is 4. The van der Waals surface area contributed by atoms with Crippen molar-refractivity contribution in [1.82, 2.24) is 5.32 Å². The standard InChI is InChI=1S/C11H22N2OS/c1-9(2)7-10-8-13-11(15-10)12-5-4-6-14-3/h9-10H,4-8H2,1-3H3,(H,12,13). The second-order valence-electron chi connectivity index (χ2n) is 4.29. The van der Waals surface area contributed by atoms with Crippen LogP contribution in [0.3, 0.4) is 0 Å². The van der Waals surface area contributed by atoms with E-state index >= 15 is 0 Å². The fraction of sp³-hybridized carbons (Fsp3) is 0.909. The van der Waals surface area contributed by atoms with Crippen LogP contribution in [0.5, 0.6) is 0 Å². The van der Waals surface area contributed by atoms with Gasteiger partial charge in [0, 0.05) is 25.5 Å². The molecule has 0 amide bonds. The predicted molar refractivity (Wildman–Crippen MR) is 67.6 cm³/mol. The Morgan fingerprint density at radius 3 is 3.07 bits per heavy atom. The molecule has 0 fully saturated rings. The number of hydrogen-bond donors (Lipinski definition) is 1. The third-order valence-electron chi connectivity index (χ3n) is 2.25. The third-order valence-corrected chi connectivity index (χ3v) is 3.42. The van der Waals surface area contributed by atoms with Gasteiger partial charge in [-0.25, -0.2) is 0 Å². The number of thioether (sulfide) groups is 1. The molecule has 1 rings (SSSR count). The number of nitrogens with one attached hydrogen (secondary N) is 1. The van der Waals surface area contributed by atoms with Crippen molar-refractivity contribution in [1.29, 1.82) is 0 Å². The van der Waals surface area contributed by atoms with Crippen molar-refractivity contribution in [3.8, 4) is 0 Å². The van der Waals surface area contributed by atoms with Gasteiger partial charge in [0.15, 0.2) is 5.17 Å². The van der Waals surface area contributed by atoms with Crippen LogP contribution in [0.4, 0.5) is 0 Å². The van der Waals surface area contributed by atoms with Crippen LogP contribution in [0.15, 0.2) is 4.99 Å². The number of aliphatic imine (C=N–C) groups is 1. The molecule has 88 valence electrons. The molecule has 1 N–H and O–H groups in total. The lowest BCUT2D eigenvalue weighted by Crippen LogP contribution is -2.21. The zero-order valence-corrected chi connectivity index (χ0v) is 10.8.